The summed E-state index contributed by atoms with van der Waals surface area (Å²) in [5.41, 5.74) is 3.98. The van der Waals surface area contributed by atoms with Crippen molar-refractivity contribution < 1.29 is 33.4 Å². The summed E-state index contributed by atoms with van der Waals surface area (Å²) in [6.45, 7) is 2.18. The van der Waals surface area contributed by atoms with E-state index >= 15 is 4.79 Å². The number of carbonyl (C=O) groups is 4. The Bertz CT molecular complexity index is 2120. The number of hydrazine groups is 1. The van der Waals surface area contributed by atoms with Gasteiger partial charge in [-0.3, -0.25) is 29.5 Å². The molecule has 4 aromatic carbocycles. The Kier molecular flexibility index (Phi) is 8.37. The van der Waals surface area contributed by atoms with Crippen molar-refractivity contribution in [3.8, 4) is 11.5 Å². The molecule has 0 radical (unpaired) electrons. The number of phenolic OH excluding ortho intramolecular Hbond substituents is 1. The minimum atomic E-state index is -1.62. The van der Waals surface area contributed by atoms with Crippen LogP contribution in [-0.2, 0) is 31.1 Å². The molecule has 2 heterocycles. The lowest BCUT2D eigenvalue weighted by atomic mass is 9.49. The number of likely N-dealkylation sites (tertiary alicyclic amines) is 1. The molecule has 4 aliphatic rings. The first kappa shape index (κ1) is 33.7. The maximum absolute atomic E-state index is 15.3. The molecule has 4 amide bonds. The van der Waals surface area contributed by atoms with Crippen LogP contribution >= 0.6 is 11.6 Å². The standard InChI is InChI=1S/C41H35ClFN3O6/c1-2-52-33-10-6-9-30(36(33)47)35-28-19-20-29-34(39(50)45(37(29)48)22-23-7-4-3-5-8-23)31(28)21-32-38(49)46(44-27-17-15-26(43)16-18-27)40(51)41(32,35)24-11-13-25(42)14-12-24/h3-19,29,31-32,34-35,44,47H,2,20-22H2,1H3. The number of nitrogens with zero attached hydrogens (tertiary/aromatic N) is 2. The van der Waals surface area contributed by atoms with Crippen molar-refractivity contribution in [2.24, 2.45) is 23.7 Å². The van der Waals surface area contributed by atoms with Crippen LogP contribution in [0, 0.1) is 29.5 Å². The maximum Gasteiger partial charge on any atom is 0.260 e. The van der Waals surface area contributed by atoms with Gasteiger partial charge in [-0.15, -0.1) is 0 Å². The number of rotatable bonds is 8. The lowest BCUT2D eigenvalue weighted by Gasteiger charge is -2.50. The van der Waals surface area contributed by atoms with Crippen LogP contribution in [0.3, 0.4) is 0 Å². The van der Waals surface area contributed by atoms with Gasteiger partial charge in [-0.05, 0) is 79.3 Å². The lowest BCUT2D eigenvalue weighted by molar-refractivity contribution is -0.142. The second kappa shape index (κ2) is 12.9. The molecule has 0 aromatic heterocycles. The van der Waals surface area contributed by atoms with Crippen LogP contribution in [0.1, 0.15) is 42.4 Å². The summed E-state index contributed by atoms with van der Waals surface area (Å²) in [7, 11) is 0. The monoisotopic (exact) mass is 719 g/mol. The molecule has 8 rings (SSSR count). The first-order valence-corrected chi connectivity index (χ1v) is 17.7. The van der Waals surface area contributed by atoms with E-state index in [9.17, 15) is 23.9 Å². The number of hydrogen-bond acceptors (Lipinski definition) is 7. The van der Waals surface area contributed by atoms with Gasteiger partial charge in [0.25, 0.3) is 11.8 Å². The number of hydrogen-bond donors (Lipinski definition) is 2. The average molecular weight is 720 g/mol. The third-order valence-electron chi connectivity index (χ3n) is 11.2. The van der Waals surface area contributed by atoms with Gasteiger partial charge in [0.15, 0.2) is 11.5 Å². The van der Waals surface area contributed by atoms with Crippen LogP contribution in [0.2, 0.25) is 5.02 Å². The maximum atomic E-state index is 15.3. The number of amides is 4. The van der Waals surface area contributed by atoms with Crippen LogP contribution < -0.4 is 10.2 Å². The van der Waals surface area contributed by atoms with Crippen LogP contribution in [0.25, 0.3) is 0 Å². The Morgan fingerprint density at radius 1 is 0.885 bits per heavy atom. The Morgan fingerprint density at radius 2 is 1.62 bits per heavy atom. The summed E-state index contributed by atoms with van der Waals surface area (Å²) in [6.07, 6.45) is 2.26. The minimum Gasteiger partial charge on any atom is -0.504 e. The zero-order valence-electron chi connectivity index (χ0n) is 28.2. The number of phenols is 1. The van der Waals surface area contributed by atoms with Crippen molar-refractivity contribution in [3.63, 3.8) is 0 Å². The smallest absolute Gasteiger partial charge is 0.260 e. The largest absolute Gasteiger partial charge is 0.504 e. The van der Waals surface area contributed by atoms with Crippen LogP contribution in [0.5, 0.6) is 11.5 Å². The fourth-order valence-electron chi connectivity index (χ4n) is 9.03. The molecule has 2 N–H and O–H groups in total. The summed E-state index contributed by atoms with van der Waals surface area (Å²) in [5, 5.41) is 13.3. The molecule has 11 heteroatoms. The fourth-order valence-corrected chi connectivity index (χ4v) is 9.16. The minimum absolute atomic E-state index is 0.0857. The number of benzene rings is 4. The van der Waals surface area contributed by atoms with Crippen molar-refractivity contribution in [1.82, 2.24) is 9.91 Å². The number of imide groups is 2. The van der Waals surface area contributed by atoms with Gasteiger partial charge in [-0.25, -0.2) is 4.39 Å². The van der Waals surface area contributed by atoms with Gasteiger partial charge in [0.2, 0.25) is 11.8 Å². The van der Waals surface area contributed by atoms with Crippen LogP contribution in [-0.4, -0.2) is 45.3 Å². The Morgan fingerprint density at radius 3 is 2.33 bits per heavy atom. The molecule has 4 aromatic rings. The third kappa shape index (κ3) is 5.10. The Hall–Kier alpha value is -5.48. The normalized spacial score (nSPS) is 26.5. The number of nitrogens with one attached hydrogen (secondary N) is 1. The van der Waals surface area contributed by atoms with Crippen molar-refractivity contribution in [2.45, 2.75) is 37.6 Å². The second-order valence-corrected chi connectivity index (χ2v) is 14.2. The number of ether oxygens (including phenoxy) is 1. The molecule has 9 nitrogen and oxygen atoms in total. The van der Waals surface area contributed by atoms with Gasteiger partial charge in [0, 0.05) is 16.5 Å². The van der Waals surface area contributed by atoms with Gasteiger partial charge in [0.1, 0.15) is 5.82 Å². The first-order chi connectivity index (χ1) is 25.1. The van der Waals surface area contributed by atoms with Crippen molar-refractivity contribution in [3.05, 3.63) is 136 Å². The van der Waals surface area contributed by atoms with E-state index in [1.54, 1.807) is 49.4 Å². The molecule has 0 bridgehead atoms. The first-order valence-electron chi connectivity index (χ1n) is 17.4. The van der Waals surface area contributed by atoms with Crippen molar-refractivity contribution in [1.29, 1.82) is 0 Å². The number of aromatic hydroxyl groups is 1. The number of para-hydroxylation sites is 1. The van der Waals surface area contributed by atoms with Gasteiger partial charge >= 0.3 is 0 Å². The molecule has 6 unspecified atom stereocenters. The molecule has 3 fully saturated rings. The fraction of sp³-hybridized carbons (Fsp3) is 0.268. The zero-order chi connectivity index (χ0) is 36.3. The average Bonchev–Trinajstić information content (AvgIpc) is 3.51. The third-order valence-corrected chi connectivity index (χ3v) is 11.4. The molecule has 52 heavy (non-hydrogen) atoms. The number of anilines is 1. The Balaban J connectivity index is 1.32. The summed E-state index contributed by atoms with van der Waals surface area (Å²) in [4.78, 5) is 59.7. The predicted molar refractivity (Wildman–Crippen MR) is 190 cm³/mol. The van der Waals surface area contributed by atoms with Crippen LogP contribution in [0.4, 0.5) is 10.1 Å². The molecule has 2 saturated heterocycles. The number of fused-ring (bicyclic) bond motifs is 4. The quantitative estimate of drug-likeness (QED) is 0.153. The van der Waals surface area contributed by atoms with Gasteiger partial charge in [-0.2, -0.15) is 5.01 Å². The van der Waals surface area contributed by atoms with E-state index in [0.717, 1.165) is 10.6 Å². The van der Waals surface area contributed by atoms with Gasteiger partial charge < -0.3 is 9.84 Å². The van der Waals surface area contributed by atoms with E-state index < -0.39 is 52.6 Å². The van der Waals surface area contributed by atoms with E-state index in [1.165, 1.54) is 29.2 Å². The number of halogens is 2. The summed E-state index contributed by atoms with van der Waals surface area (Å²) < 4.78 is 19.7. The molecular weight excluding hydrogens is 685 g/mol. The van der Waals surface area contributed by atoms with E-state index in [4.69, 9.17) is 16.3 Å². The highest BCUT2D eigenvalue weighted by molar-refractivity contribution is 6.30. The van der Waals surface area contributed by atoms with Crippen molar-refractivity contribution >= 4 is 40.9 Å². The van der Waals surface area contributed by atoms with Gasteiger partial charge in [-0.1, -0.05) is 77.8 Å². The van der Waals surface area contributed by atoms with E-state index in [1.807, 2.05) is 36.4 Å². The van der Waals surface area contributed by atoms with E-state index in [-0.39, 0.29) is 49.3 Å². The van der Waals surface area contributed by atoms with E-state index in [2.05, 4.69) is 5.43 Å². The molecule has 2 aliphatic heterocycles. The van der Waals surface area contributed by atoms with Crippen molar-refractivity contribution in [2.75, 3.05) is 12.0 Å². The van der Waals surface area contributed by atoms with Crippen LogP contribution in [0.15, 0.2) is 109 Å². The molecular formula is C41H35ClFN3O6. The highest BCUT2D eigenvalue weighted by atomic mass is 35.5. The highest BCUT2D eigenvalue weighted by Crippen LogP contribution is 2.65. The highest BCUT2D eigenvalue weighted by Gasteiger charge is 2.70. The molecule has 0 spiro atoms. The molecule has 264 valence electrons. The lowest BCUT2D eigenvalue weighted by Crippen LogP contribution is -2.53. The SMILES string of the molecule is CCOc1cccc(C2C3=CCC4C(=O)N(Cc5ccccc5)C(=O)C4C3CC3C(=O)N(Nc4ccc(F)cc4)C(=O)C32c2ccc(Cl)cc2)c1O. The summed E-state index contributed by atoms with van der Waals surface area (Å²) in [6, 6.07) is 26.4. The predicted octanol–water partition coefficient (Wildman–Crippen LogP) is 6.77. The zero-order valence-corrected chi connectivity index (χ0v) is 28.9. The summed E-state index contributed by atoms with van der Waals surface area (Å²) in [5.74, 6) is -6.20. The molecule has 6 atom stereocenters. The summed E-state index contributed by atoms with van der Waals surface area (Å²) >= 11 is 6.36. The molecule has 2 aliphatic carbocycles. The van der Waals surface area contributed by atoms with Gasteiger partial charge in [0.05, 0.1) is 42.0 Å². The second-order valence-electron chi connectivity index (χ2n) is 13.7. The number of carbonyl (C=O) groups excluding carboxylic acids is 4. The number of allylic oxidation sites excluding steroid dienone is 2. The van der Waals surface area contributed by atoms with E-state index in [0.29, 0.717) is 27.4 Å². The topological polar surface area (TPSA) is 116 Å². The molecule has 1 saturated carbocycles. The Labute approximate surface area is 304 Å².